The van der Waals surface area contributed by atoms with Gasteiger partial charge in [-0.25, -0.2) is 0 Å². The summed E-state index contributed by atoms with van der Waals surface area (Å²) in [6, 6.07) is 1.84. The van der Waals surface area contributed by atoms with E-state index in [1.807, 2.05) is 28.8 Å². The first-order chi connectivity index (χ1) is 10.6. The van der Waals surface area contributed by atoms with E-state index in [1.54, 1.807) is 17.1 Å². The van der Waals surface area contributed by atoms with Crippen LogP contribution in [0.4, 0.5) is 5.69 Å². The van der Waals surface area contributed by atoms with Crippen molar-refractivity contribution >= 4 is 28.8 Å². The molecule has 0 aliphatic carbocycles. The average Bonchev–Trinajstić information content (AvgIpc) is 3.18. The molecule has 2 aromatic rings. The zero-order valence-corrected chi connectivity index (χ0v) is 13.2. The summed E-state index contributed by atoms with van der Waals surface area (Å²) < 4.78 is 1.65. The van der Waals surface area contributed by atoms with Crippen molar-refractivity contribution in [2.75, 3.05) is 18.4 Å². The van der Waals surface area contributed by atoms with E-state index in [1.165, 1.54) is 11.3 Å². The molecule has 7 heteroatoms. The van der Waals surface area contributed by atoms with Crippen molar-refractivity contribution in [1.29, 1.82) is 0 Å². The van der Waals surface area contributed by atoms with E-state index in [-0.39, 0.29) is 17.7 Å². The fourth-order valence-electron chi connectivity index (χ4n) is 2.64. The quantitative estimate of drug-likeness (QED) is 0.941. The molecule has 3 rings (SSSR count). The van der Waals surface area contributed by atoms with Crippen LogP contribution in [0.3, 0.4) is 0 Å². The molecule has 1 saturated heterocycles. The monoisotopic (exact) mass is 318 g/mol. The van der Waals surface area contributed by atoms with E-state index in [0.717, 1.165) is 5.56 Å². The van der Waals surface area contributed by atoms with Crippen LogP contribution in [0.5, 0.6) is 0 Å². The highest BCUT2D eigenvalue weighted by Gasteiger charge is 2.28. The van der Waals surface area contributed by atoms with Crippen molar-refractivity contribution in [2.24, 2.45) is 13.0 Å². The van der Waals surface area contributed by atoms with Crippen LogP contribution in [0.1, 0.15) is 23.2 Å². The molecule has 1 aliphatic rings. The van der Waals surface area contributed by atoms with Crippen LogP contribution in [-0.2, 0) is 11.8 Å². The fourth-order valence-corrected chi connectivity index (χ4v) is 3.27. The van der Waals surface area contributed by atoms with Gasteiger partial charge in [-0.15, -0.1) is 0 Å². The zero-order chi connectivity index (χ0) is 15.5. The van der Waals surface area contributed by atoms with Gasteiger partial charge in [-0.2, -0.15) is 16.4 Å². The number of thiophene rings is 1. The minimum Gasteiger partial charge on any atom is -0.339 e. The molecule has 1 fully saturated rings. The molecule has 116 valence electrons. The first-order valence-corrected chi connectivity index (χ1v) is 8.19. The van der Waals surface area contributed by atoms with E-state index in [0.29, 0.717) is 31.6 Å². The molecule has 0 spiro atoms. The molecule has 0 unspecified atom stereocenters. The number of piperidine rings is 1. The summed E-state index contributed by atoms with van der Waals surface area (Å²) in [6.07, 6.45) is 4.80. The van der Waals surface area contributed by atoms with E-state index < -0.39 is 0 Å². The highest BCUT2D eigenvalue weighted by Crippen LogP contribution is 2.21. The van der Waals surface area contributed by atoms with Crippen LogP contribution in [0.15, 0.2) is 29.2 Å². The second-order valence-corrected chi connectivity index (χ2v) is 6.25. The third-order valence-corrected chi connectivity index (χ3v) is 4.58. The normalized spacial score (nSPS) is 15.8. The topological polar surface area (TPSA) is 67.2 Å². The molecule has 22 heavy (non-hydrogen) atoms. The van der Waals surface area contributed by atoms with Crippen LogP contribution < -0.4 is 5.32 Å². The third kappa shape index (κ3) is 3.19. The van der Waals surface area contributed by atoms with Crippen LogP contribution in [-0.4, -0.2) is 39.6 Å². The maximum atomic E-state index is 12.3. The van der Waals surface area contributed by atoms with Crippen molar-refractivity contribution in [3.05, 3.63) is 34.8 Å². The van der Waals surface area contributed by atoms with Gasteiger partial charge in [0.2, 0.25) is 5.91 Å². The summed E-state index contributed by atoms with van der Waals surface area (Å²) >= 11 is 1.52. The number of rotatable bonds is 3. The first-order valence-electron chi connectivity index (χ1n) is 7.24. The molecule has 0 bridgehead atoms. The third-order valence-electron chi connectivity index (χ3n) is 3.89. The number of hydrogen-bond acceptors (Lipinski definition) is 4. The van der Waals surface area contributed by atoms with Gasteiger partial charge in [-0.05, 0) is 24.3 Å². The number of aryl methyl sites for hydroxylation is 1. The number of carbonyl (C=O) groups is 2. The number of amides is 2. The predicted octanol–water partition coefficient (Wildman–Crippen LogP) is 1.97. The lowest BCUT2D eigenvalue weighted by atomic mass is 9.95. The Kier molecular flexibility index (Phi) is 4.24. The summed E-state index contributed by atoms with van der Waals surface area (Å²) in [5.74, 6) is 0.0229. The van der Waals surface area contributed by atoms with Crippen LogP contribution >= 0.6 is 11.3 Å². The van der Waals surface area contributed by atoms with E-state index in [4.69, 9.17) is 0 Å². The molecule has 1 aliphatic heterocycles. The molecule has 0 saturated carbocycles. The number of aromatic nitrogens is 2. The van der Waals surface area contributed by atoms with Crippen molar-refractivity contribution in [3.63, 3.8) is 0 Å². The number of nitrogens with one attached hydrogen (secondary N) is 1. The van der Waals surface area contributed by atoms with E-state index in [2.05, 4.69) is 10.4 Å². The fraction of sp³-hybridized carbons (Fsp3) is 0.400. The Hall–Kier alpha value is -2.15. The summed E-state index contributed by atoms with van der Waals surface area (Å²) in [7, 11) is 1.81. The Balaban J connectivity index is 1.53. The van der Waals surface area contributed by atoms with Crippen LogP contribution in [0.25, 0.3) is 0 Å². The summed E-state index contributed by atoms with van der Waals surface area (Å²) in [4.78, 5) is 26.3. The second kappa shape index (κ2) is 6.31. The average molecular weight is 318 g/mol. The molecular formula is C15H18N4O2S. The number of anilines is 1. The summed E-state index contributed by atoms with van der Waals surface area (Å²) in [6.45, 7) is 1.25. The highest BCUT2D eigenvalue weighted by atomic mass is 32.1. The highest BCUT2D eigenvalue weighted by molar-refractivity contribution is 7.08. The molecule has 0 atom stereocenters. The van der Waals surface area contributed by atoms with Gasteiger partial charge in [-0.1, -0.05) is 0 Å². The minimum absolute atomic E-state index is 0.00984. The van der Waals surface area contributed by atoms with Gasteiger partial charge < -0.3 is 10.2 Å². The van der Waals surface area contributed by atoms with Crippen molar-refractivity contribution in [3.8, 4) is 0 Å². The SMILES string of the molecule is Cn1cc(NC(=O)C2CCN(C(=O)c3ccsc3)CC2)cn1. The van der Waals surface area contributed by atoms with E-state index >= 15 is 0 Å². The lowest BCUT2D eigenvalue weighted by Gasteiger charge is -2.31. The lowest BCUT2D eigenvalue weighted by Crippen LogP contribution is -2.41. The van der Waals surface area contributed by atoms with Gasteiger partial charge >= 0.3 is 0 Å². The number of nitrogens with zero attached hydrogens (tertiary/aromatic N) is 3. The molecule has 0 radical (unpaired) electrons. The summed E-state index contributed by atoms with van der Waals surface area (Å²) in [5, 5.41) is 10.7. The van der Waals surface area contributed by atoms with Crippen molar-refractivity contribution in [1.82, 2.24) is 14.7 Å². The standard InChI is InChI=1S/C15H18N4O2S/c1-18-9-13(8-16-18)17-14(20)11-2-5-19(6-3-11)15(21)12-4-7-22-10-12/h4,7-11H,2-3,5-6H2,1H3,(H,17,20). The Bertz CT molecular complexity index is 657. The maximum absolute atomic E-state index is 12.3. The van der Waals surface area contributed by atoms with E-state index in [9.17, 15) is 9.59 Å². The maximum Gasteiger partial charge on any atom is 0.254 e. The first kappa shape index (κ1) is 14.8. The minimum atomic E-state index is -0.0493. The zero-order valence-electron chi connectivity index (χ0n) is 12.4. The van der Waals surface area contributed by atoms with Crippen LogP contribution in [0.2, 0.25) is 0 Å². The molecular weight excluding hydrogens is 300 g/mol. The molecule has 0 aromatic carbocycles. The van der Waals surface area contributed by atoms with Gasteiger partial charge in [0.15, 0.2) is 0 Å². The molecule has 2 aromatic heterocycles. The predicted molar refractivity (Wildman–Crippen MR) is 84.8 cm³/mol. The number of carbonyl (C=O) groups excluding carboxylic acids is 2. The van der Waals surface area contributed by atoms with Gasteiger partial charge in [0.25, 0.3) is 5.91 Å². The summed E-state index contributed by atoms with van der Waals surface area (Å²) in [5.41, 5.74) is 1.45. The number of likely N-dealkylation sites (tertiary alicyclic amines) is 1. The van der Waals surface area contributed by atoms with Crippen LogP contribution in [0, 0.1) is 5.92 Å². The van der Waals surface area contributed by atoms with Gasteiger partial charge in [-0.3, -0.25) is 14.3 Å². The van der Waals surface area contributed by atoms with Crippen molar-refractivity contribution in [2.45, 2.75) is 12.8 Å². The molecule has 2 amide bonds. The van der Waals surface area contributed by atoms with Gasteiger partial charge in [0.1, 0.15) is 0 Å². The van der Waals surface area contributed by atoms with Gasteiger partial charge in [0.05, 0.1) is 17.4 Å². The van der Waals surface area contributed by atoms with Gasteiger partial charge in [0, 0.05) is 37.6 Å². The molecule has 3 heterocycles. The molecule has 1 N–H and O–H groups in total. The Morgan fingerprint density at radius 3 is 2.73 bits per heavy atom. The smallest absolute Gasteiger partial charge is 0.254 e. The Morgan fingerprint density at radius 2 is 2.14 bits per heavy atom. The molecule has 6 nitrogen and oxygen atoms in total. The largest absolute Gasteiger partial charge is 0.339 e. The second-order valence-electron chi connectivity index (χ2n) is 5.47. The number of hydrogen-bond donors (Lipinski definition) is 1. The Morgan fingerprint density at radius 1 is 1.36 bits per heavy atom. The Labute approximate surface area is 132 Å². The lowest BCUT2D eigenvalue weighted by molar-refractivity contribution is -0.121. The van der Waals surface area contributed by atoms with Crippen molar-refractivity contribution < 1.29 is 9.59 Å².